The molecule has 12 heteroatoms. The summed E-state index contributed by atoms with van der Waals surface area (Å²) < 4.78 is 36.9. The first-order valence-electron chi connectivity index (χ1n) is 14.2. The zero-order valence-electron chi connectivity index (χ0n) is 25.7. The van der Waals surface area contributed by atoms with Gasteiger partial charge in [-0.05, 0) is 52.6 Å². The first-order chi connectivity index (χ1) is 19.4. The highest BCUT2D eigenvalue weighted by Gasteiger charge is 2.47. The molecule has 1 N–H and O–H groups in total. The zero-order valence-corrected chi connectivity index (χ0v) is 27.2. The highest BCUT2D eigenvalue weighted by atomic mass is 33.1. The molecule has 40 heavy (non-hydrogen) atoms. The zero-order chi connectivity index (χ0) is 30.3. The van der Waals surface area contributed by atoms with Crippen molar-refractivity contribution >= 4 is 30.1 Å². The fourth-order valence-corrected chi connectivity index (χ4v) is 8.39. The summed E-state index contributed by atoms with van der Waals surface area (Å²) in [5.41, 5.74) is 0.103. The Morgan fingerprint density at radius 2 is 1.85 bits per heavy atom. The monoisotopic (exact) mass is 614 g/mol. The summed E-state index contributed by atoms with van der Waals surface area (Å²) in [5.74, 6) is 0. The Morgan fingerprint density at radius 1 is 1.15 bits per heavy atom. The van der Waals surface area contributed by atoms with Crippen LogP contribution < -0.4 is 11.2 Å². The van der Waals surface area contributed by atoms with Crippen LogP contribution in [0.4, 0.5) is 0 Å². The maximum atomic E-state index is 12.6. The van der Waals surface area contributed by atoms with Crippen LogP contribution in [0.3, 0.4) is 0 Å². The first kappa shape index (κ1) is 31.8. The number of hydrogen-bond donors (Lipinski definition) is 1. The summed E-state index contributed by atoms with van der Waals surface area (Å²) in [4.78, 5) is 27.7. The SMILES string of the molecule is [2H]CC1OC(n2ccc(=O)[nH]c2=O)C(OC)C1OP(OCCc1ccccc1SSC(C)(C)C)N(C(C)C)C(C)C. The van der Waals surface area contributed by atoms with Gasteiger partial charge in [0.05, 0.1) is 12.7 Å². The quantitative estimate of drug-likeness (QED) is 0.215. The average molecular weight is 615 g/mol. The molecule has 224 valence electrons. The van der Waals surface area contributed by atoms with Crippen LogP contribution in [0.1, 0.15) is 68.5 Å². The van der Waals surface area contributed by atoms with Crippen molar-refractivity contribution in [1.82, 2.24) is 14.2 Å². The van der Waals surface area contributed by atoms with Crippen molar-refractivity contribution in [3.63, 3.8) is 0 Å². The Kier molecular flexibility index (Phi) is 11.8. The molecule has 0 saturated carbocycles. The van der Waals surface area contributed by atoms with Crippen molar-refractivity contribution in [2.75, 3.05) is 13.7 Å². The Labute approximate surface area is 248 Å². The van der Waals surface area contributed by atoms with Crippen molar-refractivity contribution in [3.05, 3.63) is 62.9 Å². The number of nitrogens with one attached hydrogen (secondary N) is 1. The van der Waals surface area contributed by atoms with E-state index in [1.54, 1.807) is 10.8 Å². The van der Waals surface area contributed by atoms with Gasteiger partial charge in [-0.25, -0.2) is 9.46 Å². The van der Waals surface area contributed by atoms with Crippen molar-refractivity contribution in [3.8, 4) is 0 Å². The number of aromatic nitrogens is 2. The van der Waals surface area contributed by atoms with E-state index in [-0.39, 0.29) is 23.7 Å². The second-order valence-corrected chi connectivity index (χ2v) is 15.5. The van der Waals surface area contributed by atoms with Crippen LogP contribution in [0.25, 0.3) is 0 Å². The largest absolute Gasteiger partial charge is 0.374 e. The van der Waals surface area contributed by atoms with Gasteiger partial charge in [0.1, 0.15) is 12.2 Å². The molecule has 0 radical (unpaired) electrons. The Balaban J connectivity index is 1.83. The van der Waals surface area contributed by atoms with Gasteiger partial charge >= 0.3 is 5.69 Å². The van der Waals surface area contributed by atoms with E-state index in [4.69, 9.17) is 19.9 Å². The molecule has 1 fully saturated rings. The molecule has 5 unspecified atom stereocenters. The number of benzene rings is 1. The molecular formula is C28H44N3O6PS2. The van der Waals surface area contributed by atoms with E-state index in [2.05, 4.69) is 76.3 Å². The molecule has 1 aliphatic heterocycles. The van der Waals surface area contributed by atoms with Gasteiger partial charge in [0.25, 0.3) is 14.1 Å². The molecule has 1 saturated heterocycles. The summed E-state index contributed by atoms with van der Waals surface area (Å²) in [7, 11) is 3.57. The Hall–Kier alpha value is -1.17. The van der Waals surface area contributed by atoms with E-state index < -0.39 is 44.3 Å². The molecule has 0 bridgehead atoms. The first-order valence-corrected chi connectivity index (χ1v) is 16.7. The van der Waals surface area contributed by atoms with E-state index in [1.165, 1.54) is 34.4 Å². The Morgan fingerprint density at radius 3 is 2.45 bits per heavy atom. The smallest absolute Gasteiger partial charge is 0.330 e. The van der Waals surface area contributed by atoms with Gasteiger partial charge in [-0.3, -0.25) is 14.3 Å². The number of aromatic amines is 1. The molecule has 0 amide bonds. The lowest BCUT2D eigenvalue weighted by Crippen LogP contribution is -2.41. The van der Waals surface area contributed by atoms with Crippen LogP contribution in [0.2, 0.25) is 0 Å². The van der Waals surface area contributed by atoms with Crippen LogP contribution in [0.5, 0.6) is 0 Å². The van der Waals surface area contributed by atoms with Gasteiger partial charge in [-0.15, -0.1) is 0 Å². The lowest BCUT2D eigenvalue weighted by atomic mass is 10.1. The second kappa shape index (κ2) is 14.8. The molecule has 0 aliphatic carbocycles. The fraction of sp³-hybridized carbons (Fsp3) is 0.643. The van der Waals surface area contributed by atoms with Crippen molar-refractivity contribution < 1.29 is 19.9 Å². The average Bonchev–Trinajstić information content (AvgIpc) is 3.24. The van der Waals surface area contributed by atoms with Gasteiger partial charge < -0.3 is 18.5 Å². The predicted octanol–water partition coefficient (Wildman–Crippen LogP) is 6.00. The standard InChI is InChI=1S/C28H44N3O6PS2/c1-18(2)31(19(3)4)38(35-17-15-21-12-10-11-13-22(21)39-40-28(6,7)8)37-24-20(5)36-26(25(24)34-9)30-16-14-23(32)29-27(30)33/h10-14,16,18-20,24-26H,15,17H2,1-9H3,(H,29,32,33)/i5D. The maximum absolute atomic E-state index is 12.6. The Bertz CT molecular complexity index is 1220. The third kappa shape index (κ3) is 8.91. The minimum atomic E-state index is -1.58. The third-order valence-electron chi connectivity index (χ3n) is 6.07. The second-order valence-electron chi connectivity index (χ2n) is 11.1. The summed E-state index contributed by atoms with van der Waals surface area (Å²) in [6.07, 6.45) is -0.800. The van der Waals surface area contributed by atoms with E-state index in [1.807, 2.05) is 16.9 Å². The molecular weight excluding hydrogens is 569 g/mol. The molecule has 2 heterocycles. The lowest BCUT2D eigenvalue weighted by Gasteiger charge is -2.38. The highest BCUT2D eigenvalue weighted by molar-refractivity contribution is 8.77. The minimum Gasteiger partial charge on any atom is -0.374 e. The molecule has 9 nitrogen and oxygen atoms in total. The molecule has 0 spiro atoms. The van der Waals surface area contributed by atoms with Crippen molar-refractivity contribution in [2.24, 2.45) is 0 Å². The molecule has 5 atom stereocenters. The number of methoxy groups -OCH3 is 1. The summed E-state index contributed by atoms with van der Waals surface area (Å²) in [5, 5.41) is 0. The molecule has 3 rings (SSSR count). The van der Waals surface area contributed by atoms with E-state index in [9.17, 15) is 9.59 Å². The normalized spacial score (nSPS) is 22.8. The van der Waals surface area contributed by atoms with E-state index in [0.29, 0.717) is 13.0 Å². The number of rotatable bonds is 13. The number of nitrogens with zero attached hydrogens (tertiary/aromatic N) is 2. The predicted molar refractivity (Wildman–Crippen MR) is 165 cm³/mol. The van der Waals surface area contributed by atoms with Crippen LogP contribution in [0, 0.1) is 0 Å². The van der Waals surface area contributed by atoms with Gasteiger partial charge in [0.2, 0.25) is 0 Å². The topological polar surface area (TPSA) is 95.0 Å². The van der Waals surface area contributed by atoms with Gasteiger partial charge in [0.15, 0.2) is 6.23 Å². The van der Waals surface area contributed by atoms with Gasteiger partial charge in [-0.2, -0.15) is 0 Å². The van der Waals surface area contributed by atoms with Crippen LogP contribution in [-0.4, -0.2) is 63.1 Å². The van der Waals surface area contributed by atoms with E-state index in [0.717, 1.165) is 0 Å². The molecule has 1 aromatic heterocycles. The minimum absolute atomic E-state index is 0.0955. The maximum Gasteiger partial charge on any atom is 0.330 e. The van der Waals surface area contributed by atoms with Crippen LogP contribution in [0.15, 0.2) is 51.0 Å². The van der Waals surface area contributed by atoms with Crippen LogP contribution >= 0.6 is 30.1 Å². The van der Waals surface area contributed by atoms with Gasteiger partial charge in [0, 0.05) is 42.5 Å². The number of hydrogen-bond acceptors (Lipinski definition) is 9. The summed E-state index contributed by atoms with van der Waals surface area (Å²) in [6, 6.07) is 9.89. The lowest BCUT2D eigenvalue weighted by molar-refractivity contribution is -0.0510. The third-order valence-corrected chi connectivity index (χ3v) is 11.6. The van der Waals surface area contributed by atoms with Crippen LogP contribution in [-0.2, 0) is 24.9 Å². The van der Waals surface area contributed by atoms with Gasteiger partial charge in [-0.1, -0.05) is 60.6 Å². The number of H-pyrrole nitrogens is 1. The summed E-state index contributed by atoms with van der Waals surface area (Å²) >= 11 is 0. The number of ether oxygens (including phenoxy) is 2. The van der Waals surface area contributed by atoms with Crippen molar-refractivity contribution in [2.45, 2.75) is 108 Å². The molecule has 2 aromatic rings. The molecule has 1 aliphatic rings. The van der Waals surface area contributed by atoms with E-state index >= 15 is 0 Å². The highest BCUT2D eigenvalue weighted by Crippen LogP contribution is 2.50. The fourth-order valence-electron chi connectivity index (χ4n) is 4.36. The summed E-state index contributed by atoms with van der Waals surface area (Å²) in [6.45, 7) is 15.4. The molecule has 1 aromatic carbocycles. The van der Waals surface area contributed by atoms with Crippen molar-refractivity contribution in [1.29, 1.82) is 0 Å².